The second kappa shape index (κ2) is 3.54. The van der Waals surface area contributed by atoms with Gasteiger partial charge in [0.25, 0.3) is 0 Å². The van der Waals surface area contributed by atoms with Crippen LogP contribution in [0.3, 0.4) is 0 Å². The highest BCUT2D eigenvalue weighted by molar-refractivity contribution is 6.31. The number of allylic oxidation sites excluding steroid dienone is 4. The molecule has 1 aliphatic heterocycles. The summed E-state index contributed by atoms with van der Waals surface area (Å²) in [5.74, 6) is 1.92. The zero-order valence-corrected chi connectivity index (χ0v) is 9.79. The zero-order valence-electron chi connectivity index (χ0n) is 9.03. The smallest absolute Gasteiger partial charge is 0.124 e. The maximum atomic E-state index is 10.00. The molecule has 16 heavy (non-hydrogen) atoms. The molecule has 3 atom stereocenters. The molecule has 0 amide bonds. The number of aliphatic hydroxyl groups is 1. The second-order valence-electron chi connectivity index (χ2n) is 4.49. The topological polar surface area (TPSA) is 41.5 Å². The molecule has 1 saturated heterocycles. The summed E-state index contributed by atoms with van der Waals surface area (Å²) in [6, 6.07) is 0. The molecule has 0 aromatic heterocycles. The first-order chi connectivity index (χ1) is 7.74. The number of hydrogen-bond acceptors (Lipinski definition) is 3. The van der Waals surface area contributed by atoms with Gasteiger partial charge in [-0.3, -0.25) is 0 Å². The van der Waals surface area contributed by atoms with Crippen LogP contribution in [-0.4, -0.2) is 25.3 Å². The third-order valence-electron chi connectivity index (χ3n) is 3.79. The molecule has 0 aromatic rings. The average Bonchev–Trinajstić information content (AvgIpc) is 2.84. The molecular weight excluding hydrogens is 226 g/mol. The average molecular weight is 240 g/mol. The van der Waals surface area contributed by atoms with Gasteiger partial charge in [0.15, 0.2) is 0 Å². The van der Waals surface area contributed by atoms with Crippen molar-refractivity contribution in [2.75, 3.05) is 20.2 Å². The van der Waals surface area contributed by atoms with Crippen molar-refractivity contribution in [2.24, 2.45) is 17.8 Å². The molecule has 3 nitrogen and oxygen atoms in total. The highest BCUT2D eigenvalue weighted by Crippen LogP contribution is 2.51. The minimum Gasteiger partial charge on any atom is -0.512 e. The molecule has 86 valence electrons. The first kappa shape index (κ1) is 10.2. The van der Waals surface area contributed by atoms with Crippen molar-refractivity contribution in [3.8, 4) is 0 Å². The van der Waals surface area contributed by atoms with Crippen LogP contribution in [0.1, 0.15) is 0 Å². The summed E-state index contributed by atoms with van der Waals surface area (Å²) < 4.78 is 5.33. The maximum Gasteiger partial charge on any atom is 0.124 e. The third-order valence-corrected chi connectivity index (χ3v) is 4.28. The maximum absolute atomic E-state index is 10.00. The van der Waals surface area contributed by atoms with Crippen LogP contribution in [0.5, 0.6) is 0 Å². The lowest BCUT2D eigenvalue weighted by atomic mass is 9.84. The van der Waals surface area contributed by atoms with E-state index in [-0.39, 0.29) is 5.92 Å². The van der Waals surface area contributed by atoms with Gasteiger partial charge in [0, 0.05) is 23.1 Å². The molecule has 3 unspecified atom stereocenters. The van der Waals surface area contributed by atoms with Crippen molar-refractivity contribution in [1.29, 1.82) is 0 Å². The van der Waals surface area contributed by atoms with Gasteiger partial charge in [0.05, 0.1) is 13.0 Å². The number of rotatable bonds is 1. The van der Waals surface area contributed by atoms with Crippen LogP contribution < -0.4 is 5.32 Å². The number of hydrogen-bond donors (Lipinski definition) is 2. The van der Waals surface area contributed by atoms with Crippen LogP contribution in [0.15, 0.2) is 34.3 Å². The fourth-order valence-electron chi connectivity index (χ4n) is 3.06. The van der Waals surface area contributed by atoms with E-state index in [1.165, 1.54) is 0 Å². The largest absolute Gasteiger partial charge is 0.512 e. The van der Waals surface area contributed by atoms with E-state index in [4.69, 9.17) is 16.3 Å². The molecule has 0 aromatic carbocycles. The molecular formula is C12H14ClNO2. The summed E-state index contributed by atoms with van der Waals surface area (Å²) in [4.78, 5) is 0. The number of nitrogens with one attached hydrogen (secondary N) is 1. The molecule has 2 N–H and O–H groups in total. The Morgan fingerprint density at radius 2 is 2.25 bits per heavy atom. The van der Waals surface area contributed by atoms with Crippen molar-refractivity contribution in [1.82, 2.24) is 5.32 Å². The predicted molar refractivity (Wildman–Crippen MR) is 62.0 cm³/mol. The van der Waals surface area contributed by atoms with Gasteiger partial charge >= 0.3 is 0 Å². The zero-order chi connectivity index (χ0) is 11.3. The highest BCUT2D eigenvalue weighted by Gasteiger charge is 2.48. The number of methoxy groups -OCH3 is 1. The van der Waals surface area contributed by atoms with Crippen molar-refractivity contribution >= 4 is 11.6 Å². The summed E-state index contributed by atoms with van der Waals surface area (Å²) in [5.41, 5.74) is 0.987. The van der Waals surface area contributed by atoms with Gasteiger partial charge < -0.3 is 15.2 Å². The van der Waals surface area contributed by atoms with E-state index in [0.29, 0.717) is 17.6 Å². The summed E-state index contributed by atoms with van der Waals surface area (Å²) in [5, 5.41) is 14.2. The van der Waals surface area contributed by atoms with Gasteiger partial charge in [-0.2, -0.15) is 0 Å². The van der Waals surface area contributed by atoms with E-state index in [9.17, 15) is 5.11 Å². The molecule has 4 heteroatoms. The minimum absolute atomic E-state index is 0.0208. The lowest BCUT2D eigenvalue weighted by molar-refractivity contribution is 0.257. The molecule has 1 heterocycles. The summed E-state index contributed by atoms with van der Waals surface area (Å²) >= 11 is 6.41. The molecule has 3 rings (SSSR count). The van der Waals surface area contributed by atoms with Crippen molar-refractivity contribution < 1.29 is 9.84 Å². The minimum atomic E-state index is 0.0208. The molecule has 0 saturated carbocycles. The van der Waals surface area contributed by atoms with Crippen LogP contribution in [0.4, 0.5) is 0 Å². The Balaban J connectivity index is 2.10. The van der Waals surface area contributed by atoms with E-state index in [1.807, 2.05) is 0 Å². The van der Waals surface area contributed by atoms with Gasteiger partial charge in [0.2, 0.25) is 0 Å². The lowest BCUT2D eigenvalue weighted by Crippen LogP contribution is -2.22. The fraction of sp³-hybridized carbons (Fsp3) is 0.500. The standard InChI is InChI=1S/C12H14ClNO2/c1-16-9-3-2-8(15)10-6-4-14-5-7(6)12(13)11(9)10/h2-3,6-7,10,14-15H,4-5H2,1H3. The Bertz CT molecular complexity index is 425. The quantitative estimate of drug-likeness (QED) is 0.735. The van der Waals surface area contributed by atoms with E-state index in [0.717, 1.165) is 29.5 Å². The molecule has 0 radical (unpaired) electrons. The van der Waals surface area contributed by atoms with Crippen LogP contribution in [-0.2, 0) is 4.74 Å². The van der Waals surface area contributed by atoms with E-state index < -0.39 is 0 Å². The Kier molecular flexibility index (Phi) is 2.26. The first-order valence-corrected chi connectivity index (χ1v) is 5.87. The SMILES string of the molecule is COC1=CC=C(O)C2C1=C(Cl)C1CNCC12. The van der Waals surface area contributed by atoms with E-state index >= 15 is 0 Å². The lowest BCUT2D eigenvalue weighted by Gasteiger charge is -2.24. The Labute approximate surface area is 99.4 Å². The van der Waals surface area contributed by atoms with Crippen LogP contribution in [0.2, 0.25) is 0 Å². The van der Waals surface area contributed by atoms with Crippen molar-refractivity contribution in [2.45, 2.75) is 0 Å². The number of halogens is 1. The number of fused-ring (bicyclic) bond motifs is 3. The molecule has 3 aliphatic rings. The monoisotopic (exact) mass is 239 g/mol. The molecule has 0 bridgehead atoms. The Hall–Kier alpha value is -0.930. The molecule has 1 fully saturated rings. The summed E-state index contributed by atoms with van der Waals surface area (Å²) in [7, 11) is 1.64. The molecule has 2 aliphatic carbocycles. The fourth-order valence-corrected chi connectivity index (χ4v) is 3.51. The van der Waals surface area contributed by atoms with E-state index in [2.05, 4.69) is 5.32 Å². The first-order valence-electron chi connectivity index (χ1n) is 5.49. The van der Waals surface area contributed by atoms with Gasteiger partial charge in [0.1, 0.15) is 11.5 Å². The van der Waals surface area contributed by atoms with Crippen LogP contribution >= 0.6 is 11.6 Å². The van der Waals surface area contributed by atoms with Crippen molar-refractivity contribution in [3.63, 3.8) is 0 Å². The van der Waals surface area contributed by atoms with Crippen LogP contribution in [0.25, 0.3) is 0 Å². The number of aliphatic hydroxyl groups excluding tert-OH is 1. The normalized spacial score (nSPS) is 36.8. The van der Waals surface area contributed by atoms with Crippen molar-refractivity contribution in [3.05, 3.63) is 34.3 Å². The second-order valence-corrected chi connectivity index (χ2v) is 4.90. The van der Waals surface area contributed by atoms with E-state index in [1.54, 1.807) is 19.3 Å². The Morgan fingerprint density at radius 1 is 1.44 bits per heavy atom. The van der Waals surface area contributed by atoms with Gasteiger partial charge in [-0.15, -0.1) is 0 Å². The summed E-state index contributed by atoms with van der Waals surface area (Å²) in [6.07, 6.45) is 3.51. The molecule has 0 spiro atoms. The van der Waals surface area contributed by atoms with Gasteiger partial charge in [-0.1, -0.05) is 11.6 Å². The van der Waals surface area contributed by atoms with Gasteiger partial charge in [-0.05, 0) is 24.6 Å². The Morgan fingerprint density at radius 3 is 3.00 bits per heavy atom. The highest BCUT2D eigenvalue weighted by atomic mass is 35.5. The van der Waals surface area contributed by atoms with Gasteiger partial charge in [-0.25, -0.2) is 0 Å². The summed E-state index contributed by atoms with van der Waals surface area (Å²) in [6.45, 7) is 1.80. The van der Waals surface area contributed by atoms with Crippen LogP contribution in [0, 0.1) is 17.8 Å². The third kappa shape index (κ3) is 1.19. The number of ether oxygens (including phenoxy) is 1. The predicted octanol–water partition coefficient (Wildman–Crippen LogP) is 1.93.